The van der Waals surface area contributed by atoms with Crippen LogP contribution in [0.5, 0.6) is 5.75 Å². The largest absolute Gasteiger partial charge is 0.508 e. The topological polar surface area (TPSA) is 94.2 Å². The summed E-state index contributed by atoms with van der Waals surface area (Å²) in [5.41, 5.74) is 4.25. The summed E-state index contributed by atoms with van der Waals surface area (Å²) < 4.78 is 2.91. The summed E-state index contributed by atoms with van der Waals surface area (Å²) in [6, 6.07) is 14.4. The number of hydrogen-bond donors (Lipinski definition) is 3. The molecule has 1 amide bonds. The fourth-order valence-corrected chi connectivity index (χ4v) is 3.23. The van der Waals surface area contributed by atoms with Gasteiger partial charge in [0, 0.05) is 4.47 Å². The van der Waals surface area contributed by atoms with Crippen molar-refractivity contribution in [3.63, 3.8) is 0 Å². The number of carbonyl (C=O) groups excluding carboxylic acids is 1. The summed E-state index contributed by atoms with van der Waals surface area (Å²) in [5.74, 6) is 0.992. The van der Waals surface area contributed by atoms with E-state index >= 15 is 0 Å². The summed E-state index contributed by atoms with van der Waals surface area (Å²) in [7, 11) is 1.89. The Kier molecular flexibility index (Phi) is 6.25. The monoisotopic (exact) mass is 446 g/mol. The lowest BCUT2D eigenvalue weighted by atomic mass is 10.2. The molecule has 0 fully saturated rings. The Morgan fingerprint density at radius 1 is 1.30 bits per heavy atom. The van der Waals surface area contributed by atoms with Crippen molar-refractivity contribution in [2.24, 2.45) is 12.1 Å². The first-order valence-corrected chi connectivity index (χ1v) is 9.75. The molecule has 3 aromatic rings. The summed E-state index contributed by atoms with van der Waals surface area (Å²) in [6.45, 7) is 0. The third-order valence-corrected chi connectivity index (χ3v) is 5.18. The molecule has 1 aromatic heterocycles. The number of phenols is 1. The van der Waals surface area contributed by atoms with Gasteiger partial charge in [-0.3, -0.25) is 4.79 Å². The van der Waals surface area contributed by atoms with E-state index in [-0.39, 0.29) is 17.4 Å². The number of carbonyl (C=O) groups is 1. The number of amides is 1. The van der Waals surface area contributed by atoms with Crippen molar-refractivity contribution in [1.29, 1.82) is 0 Å². The molecule has 0 unspecified atom stereocenters. The van der Waals surface area contributed by atoms with Crippen molar-refractivity contribution in [2.75, 3.05) is 5.75 Å². The first kappa shape index (κ1) is 19.1. The van der Waals surface area contributed by atoms with Crippen LogP contribution in [-0.4, -0.2) is 33.2 Å². The van der Waals surface area contributed by atoms with Crippen molar-refractivity contribution in [1.82, 2.24) is 15.6 Å². The molecular formula is C18H17BrN5O2S+. The fourth-order valence-electron chi connectivity index (χ4n) is 2.24. The van der Waals surface area contributed by atoms with Crippen molar-refractivity contribution in [3.05, 3.63) is 58.6 Å². The number of aromatic nitrogens is 3. The molecule has 0 bridgehead atoms. The summed E-state index contributed by atoms with van der Waals surface area (Å²) in [4.78, 5) is 11.9. The van der Waals surface area contributed by atoms with Gasteiger partial charge < -0.3 is 5.11 Å². The van der Waals surface area contributed by atoms with Gasteiger partial charge in [-0.25, -0.2) is 9.99 Å². The van der Waals surface area contributed by atoms with Gasteiger partial charge in [0.05, 0.1) is 29.7 Å². The number of thioether (sulfide) groups is 1. The Balaban J connectivity index is 1.54. The number of benzene rings is 2. The van der Waals surface area contributed by atoms with Crippen LogP contribution in [-0.2, 0) is 11.8 Å². The Hall–Kier alpha value is -2.65. The van der Waals surface area contributed by atoms with Gasteiger partial charge in [-0.05, 0) is 65.9 Å². The van der Waals surface area contributed by atoms with E-state index in [1.807, 2.05) is 35.9 Å². The van der Waals surface area contributed by atoms with Crippen molar-refractivity contribution in [3.8, 4) is 17.1 Å². The fraction of sp³-hybridized carbons (Fsp3) is 0.111. The number of phenolic OH excluding ortho intramolecular Hbond substituents is 1. The molecule has 0 aliphatic rings. The normalized spacial score (nSPS) is 11.0. The van der Waals surface area contributed by atoms with Crippen molar-refractivity contribution >= 4 is 39.8 Å². The Bertz CT molecular complexity index is 955. The van der Waals surface area contributed by atoms with Crippen molar-refractivity contribution < 1.29 is 14.5 Å². The van der Waals surface area contributed by atoms with Crippen LogP contribution in [0.15, 0.2) is 63.3 Å². The molecule has 3 N–H and O–H groups in total. The molecule has 0 atom stereocenters. The van der Waals surface area contributed by atoms with Gasteiger partial charge in [-0.2, -0.15) is 5.10 Å². The quantitative estimate of drug-likeness (QED) is 0.234. The lowest BCUT2D eigenvalue weighted by molar-refractivity contribution is -0.698. The lowest BCUT2D eigenvalue weighted by Gasteiger charge is -1.99. The number of hydrazone groups is 1. The van der Waals surface area contributed by atoms with Crippen LogP contribution in [0.3, 0.4) is 0 Å². The molecule has 0 saturated heterocycles. The van der Waals surface area contributed by atoms with Gasteiger partial charge in [-0.15, -0.1) is 5.10 Å². The zero-order valence-corrected chi connectivity index (χ0v) is 16.8. The molecule has 1 heterocycles. The number of hydrogen-bond acceptors (Lipinski definition) is 5. The first-order valence-electron chi connectivity index (χ1n) is 7.97. The molecule has 7 nitrogen and oxygen atoms in total. The predicted octanol–water partition coefficient (Wildman–Crippen LogP) is 2.61. The van der Waals surface area contributed by atoms with E-state index in [9.17, 15) is 9.90 Å². The highest BCUT2D eigenvalue weighted by atomic mass is 79.9. The van der Waals surface area contributed by atoms with Crippen LogP contribution in [0.25, 0.3) is 11.4 Å². The average molecular weight is 447 g/mol. The number of halogens is 1. The highest BCUT2D eigenvalue weighted by molar-refractivity contribution is 9.10. The van der Waals surface area contributed by atoms with Crippen LogP contribution >= 0.6 is 27.7 Å². The smallest absolute Gasteiger partial charge is 0.337 e. The molecular weight excluding hydrogens is 430 g/mol. The Labute approximate surface area is 168 Å². The molecule has 2 aromatic carbocycles. The zero-order chi connectivity index (χ0) is 19.2. The molecule has 0 spiro atoms. The van der Waals surface area contributed by atoms with Gasteiger partial charge in [0.15, 0.2) is 0 Å². The summed E-state index contributed by atoms with van der Waals surface area (Å²) >= 11 is 4.73. The number of rotatable bonds is 6. The maximum atomic E-state index is 11.9. The molecule has 9 heteroatoms. The molecule has 3 rings (SSSR count). The van der Waals surface area contributed by atoms with Crippen LogP contribution in [0.4, 0.5) is 0 Å². The molecule has 0 saturated carbocycles. The highest BCUT2D eigenvalue weighted by Crippen LogP contribution is 2.19. The standard InChI is InChI=1S/C18H16BrN5O2S/c1-24-17(13-4-6-14(19)7-5-13)22-23-18(24)27-11-16(26)21-20-10-12-2-8-15(25)9-3-12/h2-10H,11H2,1H3,(H2,20,21,25,26)/p+1. The van der Waals surface area contributed by atoms with E-state index < -0.39 is 0 Å². The van der Waals surface area contributed by atoms with E-state index in [2.05, 4.69) is 36.7 Å². The third kappa shape index (κ3) is 5.18. The first-order chi connectivity index (χ1) is 13.0. The van der Waals surface area contributed by atoms with Crippen LogP contribution in [0, 0.1) is 0 Å². The minimum Gasteiger partial charge on any atom is -0.508 e. The second-order valence-electron chi connectivity index (χ2n) is 5.59. The van der Waals surface area contributed by atoms with Gasteiger partial charge in [0.2, 0.25) is 0 Å². The summed E-state index contributed by atoms with van der Waals surface area (Å²) in [5, 5.41) is 21.1. The van der Waals surface area contributed by atoms with E-state index in [0.29, 0.717) is 5.16 Å². The van der Waals surface area contributed by atoms with Crippen LogP contribution < -0.4 is 9.99 Å². The predicted molar refractivity (Wildman–Crippen MR) is 107 cm³/mol. The number of H-pyrrole nitrogens is 1. The summed E-state index contributed by atoms with van der Waals surface area (Å²) in [6.07, 6.45) is 1.52. The maximum absolute atomic E-state index is 11.9. The molecule has 0 radical (unpaired) electrons. The van der Waals surface area contributed by atoms with Crippen LogP contribution in [0.1, 0.15) is 5.56 Å². The average Bonchev–Trinajstić information content (AvgIpc) is 3.03. The highest BCUT2D eigenvalue weighted by Gasteiger charge is 2.19. The minimum atomic E-state index is -0.233. The van der Waals surface area contributed by atoms with E-state index in [4.69, 9.17) is 0 Å². The number of nitrogens with zero attached hydrogens (tertiary/aromatic N) is 3. The van der Waals surface area contributed by atoms with E-state index in [1.165, 1.54) is 18.0 Å². The maximum Gasteiger partial charge on any atom is 0.337 e. The van der Waals surface area contributed by atoms with Gasteiger partial charge >= 0.3 is 5.16 Å². The Morgan fingerprint density at radius 3 is 2.70 bits per heavy atom. The van der Waals surface area contributed by atoms with E-state index in [0.717, 1.165) is 21.4 Å². The van der Waals surface area contributed by atoms with Gasteiger partial charge in [0.25, 0.3) is 11.7 Å². The SMILES string of the molecule is C[n+]1c(SCC(=O)N/N=C/c2ccc(O)cc2)n[nH]c1-c1ccc(Br)cc1. The third-order valence-electron chi connectivity index (χ3n) is 3.63. The molecule has 0 aliphatic carbocycles. The molecule has 27 heavy (non-hydrogen) atoms. The Morgan fingerprint density at radius 2 is 2.00 bits per heavy atom. The molecule has 138 valence electrons. The number of aromatic amines is 1. The lowest BCUT2D eigenvalue weighted by Crippen LogP contribution is -2.32. The van der Waals surface area contributed by atoms with Gasteiger partial charge in [-0.1, -0.05) is 15.9 Å². The molecule has 0 aliphatic heterocycles. The number of nitrogens with one attached hydrogen (secondary N) is 2. The number of aromatic hydroxyl groups is 1. The second-order valence-corrected chi connectivity index (χ2v) is 7.45. The van der Waals surface area contributed by atoms with Crippen LogP contribution in [0.2, 0.25) is 0 Å². The van der Waals surface area contributed by atoms with E-state index in [1.54, 1.807) is 24.3 Å². The minimum absolute atomic E-state index is 0.182. The zero-order valence-electron chi connectivity index (χ0n) is 14.4. The van der Waals surface area contributed by atoms with Gasteiger partial charge in [0.1, 0.15) is 5.75 Å². The van der Waals surface area contributed by atoms with Crippen molar-refractivity contribution in [2.45, 2.75) is 5.16 Å². The second kappa shape index (κ2) is 8.83.